The summed E-state index contributed by atoms with van der Waals surface area (Å²) >= 11 is 3.48. The number of ether oxygens (including phenoxy) is 1. The van der Waals surface area contributed by atoms with Crippen LogP contribution in [0, 0.1) is 5.41 Å². The van der Waals surface area contributed by atoms with Crippen LogP contribution in [0.25, 0.3) is 0 Å². The molecule has 4 heteroatoms. The van der Waals surface area contributed by atoms with E-state index < -0.39 is 0 Å². The van der Waals surface area contributed by atoms with Crippen LogP contribution in [0.3, 0.4) is 0 Å². The maximum absolute atomic E-state index is 7.37. The van der Waals surface area contributed by atoms with Crippen molar-refractivity contribution in [1.29, 1.82) is 5.41 Å². The van der Waals surface area contributed by atoms with Crippen LogP contribution < -0.4 is 0 Å². The van der Waals surface area contributed by atoms with Crippen LogP contribution in [0.5, 0.6) is 0 Å². The Morgan fingerprint density at radius 1 is 1.31 bits per heavy atom. The molecule has 90 valence electrons. The largest absolute Gasteiger partial charge is 0.484 e. The maximum Gasteiger partial charge on any atom is 0.180 e. The standard InChI is InChI=1S/C12H16BrNO.BrH/c1-15-12(14)8-4-7-10-5-2-3-6-11(10)9-13;/h2-3,5-6,14H,4,7-9H2,1H3;1H. The van der Waals surface area contributed by atoms with Gasteiger partial charge in [0, 0.05) is 11.8 Å². The minimum Gasteiger partial charge on any atom is -0.484 e. The summed E-state index contributed by atoms with van der Waals surface area (Å²) in [6, 6.07) is 8.39. The Hall–Kier alpha value is -0.350. The zero-order valence-electron chi connectivity index (χ0n) is 9.33. The Bertz CT molecular complexity index is 329. The molecule has 0 fully saturated rings. The first-order valence-electron chi connectivity index (χ1n) is 5.02. The normalized spacial score (nSPS) is 9.38. The van der Waals surface area contributed by atoms with E-state index in [0.29, 0.717) is 12.3 Å². The summed E-state index contributed by atoms with van der Waals surface area (Å²) in [5.41, 5.74) is 2.69. The summed E-state index contributed by atoms with van der Waals surface area (Å²) in [7, 11) is 1.55. The molecular weight excluding hydrogens is 334 g/mol. The molecule has 0 atom stereocenters. The van der Waals surface area contributed by atoms with Gasteiger partial charge < -0.3 is 4.74 Å². The van der Waals surface area contributed by atoms with E-state index in [9.17, 15) is 0 Å². The minimum absolute atomic E-state index is 0. The van der Waals surface area contributed by atoms with Crippen LogP contribution in [0.15, 0.2) is 24.3 Å². The molecule has 0 aliphatic carbocycles. The number of methoxy groups -OCH3 is 1. The van der Waals surface area contributed by atoms with Crippen LogP contribution in [0.4, 0.5) is 0 Å². The van der Waals surface area contributed by atoms with Crippen molar-refractivity contribution >= 4 is 38.8 Å². The number of rotatable bonds is 5. The number of halogens is 2. The van der Waals surface area contributed by atoms with Gasteiger partial charge in [-0.25, -0.2) is 0 Å². The molecule has 0 spiro atoms. The summed E-state index contributed by atoms with van der Waals surface area (Å²) in [5.74, 6) is 0.367. The van der Waals surface area contributed by atoms with Gasteiger partial charge in [0.2, 0.25) is 0 Å². The number of benzene rings is 1. The molecule has 1 rings (SSSR count). The van der Waals surface area contributed by atoms with E-state index in [1.807, 2.05) is 0 Å². The molecule has 2 nitrogen and oxygen atoms in total. The SMILES string of the molecule is Br.COC(=N)CCCc1ccccc1CBr. The van der Waals surface area contributed by atoms with Crippen LogP contribution in [0.2, 0.25) is 0 Å². The lowest BCUT2D eigenvalue weighted by Crippen LogP contribution is -2.00. The first kappa shape index (κ1) is 15.7. The third-order valence-corrected chi connectivity index (χ3v) is 2.96. The first-order valence-corrected chi connectivity index (χ1v) is 6.14. The molecule has 0 unspecified atom stereocenters. The van der Waals surface area contributed by atoms with Crippen molar-refractivity contribution in [1.82, 2.24) is 0 Å². The van der Waals surface area contributed by atoms with Gasteiger partial charge in [-0.15, -0.1) is 17.0 Å². The smallest absolute Gasteiger partial charge is 0.180 e. The van der Waals surface area contributed by atoms with Gasteiger partial charge in [0.1, 0.15) is 0 Å². The Balaban J connectivity index is 0.00000225. The van der Waals surface area contributed by atoms with Gasteiger partial charge in [-0.2, -0.15) is 0 Å². The zero-order chi connectivity index (χ0) is 11.1. The molecule has 0 saturated heterocycles. The van der Waals surface area contributed by atoms with Gasteiger partial charge in [0.15, 0.2) is 5.90 Å². The van der Waals surface area contributed by atoms with E-state index >= 15 is 0 Å². The Labute approximate surface area is 116 Å². The van der Waals surface area contributed by atoms with Crippen LogP contribution in [-0.2, 0) is 16.5 Å². The van der Waals surface area contributed by atoms with Crippen LogP contribution in [-0.4, -0.2) is 13.0 Å². The Morgan fingerprint density at radius 3 is 2.50 bits per heavy atom. The fourth-order valence-corrected chi connectivity index (χ4v) is 2.02. The molecule has 0 aliphatic rings. The predicted octanol–water partition coefficient (Wildman–Crippen LogP) is 4.11. The average molecular weight is 351 g/mol. The van der Waals surface area contributed by atoms with E-state index in [1.165, 1.54) is 11.1 Å². The number of nitrogens with one attached hydrogen (secondary N) is 1. The average Bonchev–Trinajstić information content (AvgIpc) is 2.29. The second kappa shape index (κ2) is 8.76. The number of alkyl halides is 1. The molecule has 0 heterocycles. The molecule has 0 aliphatic heterocycles. The fourth-order valence-electron chi connectivity index (χ4n) is 1.47. The third kappa shape index (κ3) is 5.12. The summed E-state index contributed by atoms with van der Waals surface area (Å²) in [5, 5.41) is 8.26. The first-order chi connectivity index (χ1) is 7.27. The van der Waals surface area contributed by atoms with Crippen molar-refractivity contribution in [3.8, 4) is 0 Å². The number of hydrogen-bond acceptors (Lipinski definition) is 2. The van der Waals surface area contributed by atoms with Crippen molar-refractivity contribution in [3.63, 3.8) is 0 Å². The molecule has 0 bridgehead atoms. The van der Waals surface area contributed by atoms with Gasteiger partial charge >= 0.3 is 0 Å². The third-order valence-electron chi connectivity index (χ3n) is 2.36. The topological polar surface area (TPSA) is 33.1 Å². The van der Waals surface area contributed by atoms with Crippen molar-refractivity contribution in [2.24, 2.45) is 0 Å². The van der Waals surface area contributed by atoms with Gasteiger partial charge in [-0.3, -0.25) is 5.41 Å². The lowest BCUT2D eigenvalue weighted by atomic mass is 10.0. The molecule has 16 heavy (non-hydrogen) atoms. The molecule has 1 N–H and O–H groups in total. The van der Waals surface area contributed by atoms with E-state index in [1.54, 1.807) is 7.11 Å². The molecule has 0 radical (unpaired) electrons. The van der Waals surface area contributed by atoms with Crippen molar-refractivity contribution in [3.05, 3.63) is 35.4 Å². The van der Waals surface area contributed by atoms with E-state index in [-0.39, 0.29) is 17.0 Å². The summed E-state index contributed by atoms with van der Waals surface area (Å²) in [6.07, 6.45) is 2.69. The minimum atomic E-state index is 0. The summed E-state index contributed by atoms with van der Waals surface area (Å²) in [4.78, 5) is 0. The lowest BCUT2D eigenvalue weighted by molar-refractivity contribution is 0.384. The predicted molar refractivity (Wildman–Crippen MR) is 77.1 cm³/mol. The van der Waals surface area contributed by atoms with Crippen molar-refractivity contribution in [2.75, 3.05) is 7.11 Å². The molecule has 0 amide bonds. The van der Waals surface area contributed by atoms with Crippen molar-refractivity contribution in [2.45, 2.75) is 24.6 Å². The van der Waals surface area contributed by atoms with Gasteiger partial charge in [-0.1, -0.05) is 40.2 Å². The van der Waals surface area contributed by atoms with Crippen molar-refractivity contribution < 1.29 is 4.74 Å². The second-order valence-corrected chi connectivity index (χ2v) is 3.94. The second-order valence-electron chi connectivity index (χ2n) is 3.38. The zero-order valence-corrected chi connectivity index (χ0v) is 12.6. The summed E-state index contributed by atoms with van der Waals surface area (Å²) in [6.45, 7) is 0. The quantitative estimate of drug-likeness (QED) is 0.484. The van der Waals surface area contributed by atoms with Gasteiger partial charge in [0.25, 0.3) is 0 Å². The molecular formula is C12H17Br2NO. The number of hydrogen-bond donors (Lipinski definition) is 1. The van der Waals surface area contributed by atoms with Gasteiger partial charge in [-0.05, 0) is 24.0 Å². The van der Waals surface area contributed by atoms with E-state index in [2.05, 4.69) is 40.2 Å². The number of aryl methyl sites for hydroxylation is 1. The summed E-state index contributed by atoms with van der Waals surface area (Å²) < 4.78 is 4.82. The monoisotopic (exact) mass is 349 g/mol. The molecule has 1 aromatic rings. The van der Waals surface area contributed by atoms with E-state index in [4.69, 9.17) is 10.1 Å². The fraction of sp³-hybridized carbons (Fsp3) is 0.417. The highest BCUT2D eigenvalue weighted by Crippen LogP contribution is 2.15. The highest BCUT2D eigenvalue weighted by molar-refractivity contribution is 9.08. The molecule has 1 aromatic carbocycles. The molecule has 0 aromatic heterocycles. The molecule has 0 saturated carbocycles. The Morgan fingerprint density at radius 2 is 1.94 bits per heavy atom. The van der Waals surface area contributed by atoms with Gasteiger partial charge in [0.05, 0.1) is 7.11 Å². The Kier molecular flexibility index (Phi) is 8.57. The lowest BCUT2D eigenvalue weighted by Gasteiger charge is -2.06. The van der Waals surface area contributed by atoms with Crippen LogP contribution >= 0.6 is 32.9 Å². The van der Waals surface area contributed by atoms with E-state index in [0.717, 1.165) is 18.2 Å². The maximum atomic E-state index is 7.37. The highest BCUT2D eigenvalue weighted by Gasteiger charge is 2.01. The van der Waals surface area contributed by atoms with Crippen LogP contribution in [0.1, 0.15) is 24.0 Å². The highest BCUT2D eigenvalue weighted by atomic mass is 79.9.